The van der Waals surface area contributed by atoms with Crippen molar-refractivity contribution in [2.75, 3.05) is 0 Å². The molecule has 0 saturated carbocycles. The van der Waals surface area contributed by atoms with Crippen LogP contribution in [0.4, 0.5) is 0 Å². The molecule has 2 aromatic rings. The normalized spacial score (nSPS) is 9.39. The van der Waals surface area contributed by atoms with E-state index in [1.807, 2.05) is 48.5 Å². The number of benzene rings is 2. The van der Waals surface area contributed by atoms with Gasteiger partial charge in [-0.2, -0.15) is 0 Å². The van der Waals surface area contributed by atoms with Gasteiger partial charge in [0.25, 0.3) is 0 Å². The third-order valence-corrected chi connectivity index (χ3v) is 2.77. The molecule has 18 heavy (non-hydrogen) atoms. The lowest BCUT2D eigenvalue weighted by Crippen LogP contribution is -2.07. The van der Waals surface area contributed by atoms with E-state index in [4.69, 9.17) is 38.3 Å². The molecule has 0 amide bonds. The Hall–Kier alpha value is -1.04. The number of hydrogen-bond acceptors (Lipinski definition) is 3. The summed E-state index contributed by atoms with van der Waals surface area (Å²) in [6.45, 7) is 0. The van der Waals surface area contributed by atoms with E-state index < -0.39 is 7.32 Å². The standard InChI is InChI=1S/C12H8Cl2.BH3O3/c13-11-7-6-10(8-12(11)14)9-4-2-1-3-5-9;2-1(3)4/h1-8H;2-4H. The van der Waals surface area contributed by atoms with Gasteiger partial charge in [0.15, 0.2) is 0 Å². The average molecular weight is 285 g/mol. The quantitative estimate of drug-likeness (QED) is 0.706. The summed E-state index contributed by atoms with van der Waals surface area (Å²) in [4.78, 5) is 0. The Morgan fingerprint density at radius 3 is 1.78 bits per heavy atom. The van der Waals surface area contributed by atoms with Gasteiger partial charge in [0.2, 0.25) is 0 Å². The third kappa shape index (κ3) is 5.08. The average Bonchev–Trinajstić information content (AvgIpc) is 2.33. The first-order chi connectivity index (χ1) is 8.50. The highest BCUT2D eigenvalue weighted by molar-refractivity contribution is 6.42. The summed E-state index contributed by atoms with van der Waals surface area (Å²) >= 11 is 11.8. The number of hydrogen-bond donors (Lipinski definition) is 3. The Morgan fingerprint density at radius 2 is 1.28 bits per heavy atom. The van der Waals surface area contributed by atoms with Crippen LogP contribution in [-0.2, 0) is 0 Å². The molecule has 0 aromatic heterocycles. The lowest BCUT2D eigenvalue weighted by atomic mass is 10.1. The first kappa shape index (κ1) is 15.0. The highest BCUT2D eigenvalue weighted by Crippen LogP contribution is 2.28. The maximum Gasteiger partial charge on any atom is 0.631 e. The maximum atomic E-state index is 7.17. The molecule has 0 fully saturated rings. The summed E-state index contributed by atoms with van der Waals surface area (Å²) in [7, 11) is -2.17. The Bertz CT molecular complexity index is 489. The van der Waals surface area contributed by atoms with Gasteiger partial charge in [0.05, 0.1) is 10.0 Å². The van der Waals surface area contributed by atoms with Gasteiger partial charge in [0.1, 0.15) is 0 Å². The largest absolute Gasteiger partial charge is 0.631 e. The second kappa shape index (κ2) is 7.41. The molecular formula is C12H11BCl2O3. The van der Waals surface area contributed by atoms with Crippen LogP contribution in [-0.4, -0.2) is 22.4 Å². The monoisotopic (exact) mass is 284 g/mol. The molecule has 0 unspecified atom stereocenters. The van der Waals surface area contributed by atoms with Gasteiger partial charge < -0.3 is 15.1 Å². The molecule has 0 atom stereocenters. The summed E-state index contributed by atoms with van der Waals surface area (Å²) in [6.07, 6.45) is 0. The fourth-order valence-corrected chi connectivity index (χ4v) is 1.60. The minimum absolute atomic E-state index is 0.589. The van der Waals surface area contributed by atoms with E-state index in [0.29, 0.717) is 10.0 Å². The molecular weight excluding hydrogens is 274 g/mol. The minimum Gasteiger partial charge on any atom is -0.402 e. The molecule has 2 aromatic carbocycles. The van der Waals surface area contributed by atoms with Crippen LogP contribution in [0.3, 0.4) is 0 Å². The van der Waals surface area contributed by atoms with Gasteiger partial charge in [-0.1, -0.05) is 59.6 Å². The van der Waals surface area contributed by atoms with Crippen LogP contribution in [0.25, 0.3) is 11.1 Å². The summed E-state index contributed by atoms with van der Waals surface area (Å²) in [6, 6.07) is 15.7. The Labute approximate surface area is 115 Å². The predicted octanol–water partition coefficient (Wildman–Crippen LogP) is 2.61. The molecule has 0 aliphatic carbocycles. The molecule has 3 nitrogen and oxygen atoms in total. The van der Waals surface area contributed by atoms with Crippen molar-refractivity contribution in [2.45, 2.75) is 0 Å². The van der Waals surface area contributed by atoms with Crippen LogP contribution in [0.1, 0.15) is 0 Å². The molecule has 2 rings (SSSR count). The van der Waals surface area contributed by atoms with Gasteiger partial charge in [-0.05, 0) is 23.3 Å². The number of halogens is 2. The van der Waals surface area contributed by atoms with Gasteiger partial charge in [-0.25, -0.2) is 0 Å². The highest BCUT2D eigenvalue weighted by Gasteiger charge is 2.00. The van der Waals surface area contributed by atoms with E-state index in [-0.39, 0.29) is 0 Å². The molecule has 0 spiro atoms. The fourth-order valence-electron chi connectivity index (χ4n) is 1.31. The van der Waals surface area contributed by atoms with E-state index in [1.165, 1.54) is 0 Å². The zero-order valence-electron chi connectivity index (χ0n) is 9.29. The van der Waals surface area contributed by atoms with Gasteiger partial charge in [-0.15, -0.1) is 0 Å². The minimum atomic E-state index is -2.17. The van der Waals surface area contributed by atoms with Crippen molar-refractivity contribution in [1.82, 2.24) is 0 Å². The Morgan fingerprint density at radius 1 is 0.722 bits per heavy atom. The van der Waals surface area contributed by atoms with Crippen LogP contribution >= 0.6 is 23.2 Å². The van der Waals surface area contributed by atoms with Crippen molar-refractivity contribution >= 4 is 30.5 Å². The van der Waals surface area contributed by atoms with Crippen molar-refractivity contribution in [1.29, 1.82) is 0 Å². The zero-order valence-corrected chi connectivity index (χ0v) is 10.8. The molecule has 0 saturated heterocycles. The van der Waals surface area contributed by atoms with Crippen LogP contribution in [0.15, 0.2) is 48.5 Å². The molecule has 0 aliphatic rings. The Kier molecular flexibility index (Phi) is 6.19. The molecule has 94 valence electrons. The predicted molar refractivity (Wildman–Crippen MR) is 74.3 cm³/mol. The lowest BCUT2D eigenvalue weighted by Gasteiger charge is -2.02. The first-order valence-corrected chi connectivity index (χ1v) is 5.81. The first-order valence-electron chi connectivity index (χ1n) is 5.05. The van der Waals surface area contributed by atoms with E-state index in [1.54, 1.807) is 0 Å². The molecule has 0 aliphatic heterocycles. The van der Waals surface area contributed by atoms with Crippen molar-refractivity contribution in [2.24, 2.45) is 0 Å². The summed E-state index contributed by atoms with van der Waals surface area (Å²) < 4.78 is 0. The smallest absolute Gasteiger partial charge is 0.402 e. The van der Waals surface area contributed by atoms with E-state index in [9.17, 15) is 0 Å². The van der Waals surface area contributed by atoms with Crippen molar-refractivity contribution in [3.8, 4) is 11.1 Å². The molecule has 3 N–H and O–H groups in total. The van der Waals surface area contributed by atoms with Crippen LogP contribution in [0.2, 0.25) is 10.0 Å². The molecule has 0 radical (unpaired) electrons. The van der Waals surface area contributed by atoms with Crippen LogP contribution in [0.5, 0.6) is 0 Å². The third-order valence-electron chi connectivity index (χ3n) is 2.03. The molecule has 6 heteroatoms. The van der Waals surface area contributed by atoms with Gasteiger partial charge >= 0.3 is 7.32 Å². The summed E-state index contributed by atoms with van der Waals surface area (Å²) in [5, 5.41) is 22.7. The fraction of sp³-hybridized carbons (Fsp3) is 0. The zero-order chi connectivity index (χ0) is 13.5. The van der Waals surface area contributed by atoms with Gasteiger partial charge in [0, 0.05) is 0 Å². The lowest BCUT2D eigenvalue weighted by molar-refractivity contribution is 0.278. The van der Waals surface area contributed by atoms with Crippen molar-refractivity contribution in [3.63, 3.8) is 0 Å². The van der Waals surface area contributed by atoms with E-state index in [2.05, 4.69) is 0 Å². The summed E-state index contributed by atoms with van der Waals surface area (Å²) in [5.74, 6) is 0. The highest BCUT2D eigenvalue weighted by atomic mass is 35.5. The van der Waals surface area contributed by atoms with E-state index in [0.717, 1.165) is 11.1 Å². The second-order valence-electron chi connectivity index (χ2n) is 3.34. The SMILES string of the molecule is Clc1ccc(-c2ccccc2)cc1Cl.OB(O)O. The van der Waals surface area contributed by atoms with Gasteiger partial charge in [-0.3, -0.25) is 0 Å². The molecule has 0 bridgehead atoms. The second-order valence-corrected chi connectivity index (χ2v) is 4.16. The van der Waals surface area contributed by atoms with E-state index >= 15 is 0 Å². The van der Waals surface area contributed by atoms with Crippen LogP contribution < -0.4 is 0 Å². The van der Waals surface area contributed by atoms with Crippen LogP contribution in [0, 0.1) is 0 Å². The summed E-state index contributed by atoms with van der Waals surface area (Å²) in [5.41, 5.74) is 2.23. The number of rotatable bonds is 1. The van der Waals surface area contributed by atoms with Crippen molar-refractivity contribution < 1.29 is 15.1 Å². The maximum absolute atomic E-state index is 7.17. The van der Waals surface area contributed by atoms with Crippen molar-refractivity contribution in [3.05, 3.63) is 58.6 Å². The molecule has 0 heterocycles. The Balaban J connectivity index is 0.000000357. The topological polar surface area (TPSA) is 60.7 Å².